The number of rotatable bonds is 4. The van der Waals surface area contributed by atoms with E-state index in [9.17, 15) is 4.79 Å². The van der Waals surface area contributed by atoms with Gasteiger partial charge in [-0.15, -0.1) is 11.6 Å². The highest BCUT2D eigenvalue weighted by atomic mass is 35.5. The molecule has 2 nitrogen and oxygen atoms in total. The summed E-state index contributed by atoms with van der Waals surface area (Å²) in [7, 11) is 1.60. The molecule has 0 aliphatic carbocycles. The summed E-state index contributed by atoms with van der Waals surface area (Å²) >= 11 is 6.05. The van der Waals surface area contributed by atoms with Gasteiger partial charge in [0.05, 0.1) is 7.11 Å². The molecule has 1 unspecified atom stereocenters. The van der Waals surface area contributed by atoms with Gasteiger partial charge in [-0.1, -0.05) is 13.0 Å². The number of halogens is 1. The average Bonchev–Trinajstić information content (AvgIpc) is 2.27. The number of hydrogen-bond acceptors (Lipinski definition) is 2. The molecule has 0 bridgehead atoms. The van der Waals surface area contributed by atoms with Crippen molar-refractivity contribution >= 4 is 17.4 Å². The van der Waals surface area contributed by atoms with E-state index in [4.69, 9.17) is 16.3 Å². The lowest BCUT2D eigenvalue weighted by atomic mass is 10.00. The zero-order valence-corrected chi connectivity index (χ0v) is 9.97. The molecule has 0 amide bonds. The van der Waals surface area contributed by atoms with E-state index in [1.54, 1.807) is 7.11 Å². The third-order valence-corrected chi connectivity index (χ3v) is 2.91. The van der Waals surface area contributed by atoms with Gasteiger partial charge in [0, 0.05) is 0 Å². The smallest absolute Gasteiger partial charge is 0.152 e. The maximum Gasteiger partial charge on any atom is 0.152 e. The lowest BCUT2D eigenvalue weighted by Gasteiger charge is -2.12. The molecular formula is C12H15ClO2. The average molecular weight is 227 g/mol. The van der Waals surface area contributed by atoms with Crippen LogP contribution >= 0.6 is 11.6 Å². The number of carbonyl (C=O) groups excluding carboxylic acids is 1. The first-order chi connectivity index (χ1) is 7.10. The molecule has 0 radical (unpaired) electrons. The fraction of sp³-hybridized carbons (Fsp3) is 0.417. The van der Waals surface area contributed by atoms with Crippen LogP contribution in [0.4, 0.5) is 0 Å². The highest BCUT2D eigenvalue weighted by molar-refractivity contribution is 6.30. The summed E-state index contributed by atoms with van der Waals surface area (Å²) in [5.41, 5.74) is 1.94. The second-order valence-corrected chi connectivity index (χ2v) is 3.83. The van der Waals surface area contributed by atoms with Crippen molar-refractivity contribution < 1.29 is 9.53 Å². The SMILES string of the molecule is CCc1ccc(OC)cc1C(Cl)C(C)=O. The number of alkyl halides is 1. The summed E-state index contributed by atoms with van der Waals surface area (Å²) in [5.74, 6) is 0.689. The highest BCUT2D eigenvalue weighted by Gasteiger charge is 2.16. The minimum Gasteiger partial charge on any atom is -0.497 e. The molecule has 15 heavy (non-hydrogen) atoms. The largest absolute Gasteiger partial charge is 0.497 e. The number of aryl methyl sites for hydroxylation is 1. The van der Waals surface area contributed by atoms with Crippen LogP contribution in [0.25, 0.3) is 0 Å². The predicted molar refractivity (Wildman–Crippen MR) is 61.6 cm³/mol. The number of benzene rings is 1. The van der Waals surface area contributed by atoms with Gasteiger partial charge in [0.2, 0.25) is 0 Å². The van der Waals surface area contributed by atoms with Crippen LogP contribution in [-0.4, -0.2) is 12.9 Å². The Labute approximate surface area is 95.2 Å². The molecule has 0 saturated carbocycles. The van der Waals surface area contributed by atoms with E-state index in [1.165, 1.54) is 6.92 Å². The van der Waals surface area contributed by atoms with Gasteiger partial charge in [0.15, 0.2) is 5.78 Å². The van der Waals surface area contributed by atoms with Gasteiger partial charge in [-0.2, -0.15) is 0 Å². The Morgan fingerprint density at radius 1 is 1.53 bits per heavy atom. The van der Waals surface area contributed by atoms with Crippen LogP contribution < -0.4 is 4.74 Å². The number of carbonyl (C=O) groups is 1. The zero-order chi connectivity index (χ0) is 11.4. The van der Waals surface area contributed by atoms with E-state index in [-0.39, 0.29) is 5.78 Å². The van der Waals surface area contributed by atoms with Crippen molar-refractivity contribution in [3.63, 3.8) is 0 Å². The first-order valence-electron chi connectivity index (χ1n) is 4.91. The van der Waals surface area contributed by atoms with Crippen molar-refractivity contribution in [3.8, 4) is 5.75 Å². The van der Waals surface area contributed by atoms with Crippen LogP contribution in [0.1, 0.15) is 30.4 Å². The molecule has 82 valence electrons. The fourth-order valence-electron chi connectivity index (χ4n) is 1.48. The molecule has 1 atom stereocenters. The van der Waals surface area contributed by atoms with E-state index in [0.717, 1.165) is 23.3 Å². The van der Waals surface area contributed by atoms with Gasteiger partial charge in [0.25, 0.3) is 0 Å². The molecule has 0 aromatic heterocycles. The molecule has 1 aromatic rings. The van der Waals surface area contributed by atoms with E-state index >= 15 is 0 Å². The molecular weight excluding hydrogens is 212 g/mol. The molecule has 0 aliphatic heterocycles. The Balaban J connectivity index is 3.16. The van der Waals surface area contributed by atoms with Crippen LogP contribution in [0.3, 0.4) is 0 Å². The number of ether oxygens (including phenoxy) is 1. The van der Waals surface area contributed by atoms with Crippen molar-refractivity contribution in [1.29, 1.82) is 0 Å². The van der Waals surface area contributed by atoms with E-state index in [1.807, 2.05) is 25.1 Å². The van der Waals surface area contributed by atoms with Gasteiger partial charge in [-0.3, -0.25) is 4.79 Å². The molecule has 3 heteroatoms. The summed E-state index contributed by atoms with van der Waals surface area (Å²) in [6.45, 7) is 3.53. The number of ketones is 1. The Morgan fingerprint density at radius 2 is 2.20 bits per heavy atom. The van der Waals surface area contributed by atoms with Crippen LogP contribution in [-0.2, 0) is 11.2 Å². The molecule has 0 saturated heterocycles. The molecule has 0 aliphatic rings. The molecule has 0 N–H and O–H groups in total. The lowest BCUT2D eigenvalue weighted by molar-refractivity contribution is -0.116. The van der Waals surface area contributed by atoms with E-state index in [0.29, 0.717) is 0 Å². The van der Waals surface area contributed by atoms with Gasteiger partial charge < -0.3 is 4.74 Å². The second kappa shape index (κ2) is 5.17. The Morgan fingerprint density at radius 3 is 2.67 bits per heavy atom. The van der Waals surface area contributed by atoms with Crippen molar-refractivity contribution in [2.75, 3.05) is 7.11 Å². The normalized spacial score (nSPS) is 12.3. The summed E-state index contributed by atoms with van der Waals surface area (Å²) in [6, 6.07) is 5.66. The first-order valence-corrected chi connectivity index (χ1v) is 5.35. The van der Waals surface area contributed by atoms with Crippen molar-refractivity contribution in [2.45, 2.75) is 25.6 Å². The topological polar surface area (TPSA) is 26.3 Å². The van der Waals surface area contributed by atoms with Crippen molar-refractivity contribution in [3.05, 3.63) is 29.3 Å². The Kier molecular flexibility index (Phi) is 4.15. The number of Topliss-reactive ketones (excluding diaryl/α,β-unsaturated/α-hetero) is 1. The quantitative estimate of drug-likeness (QED) is 0.738. The summed E-state index contributed by atoms with van der Waals surface area (Å²) in [4.78, 5) is 11.2. The molecule has 1 aromatic carbocycles. The number of hydrogen-bond donors (Lipinski definition) is 0. The van der Waals surface area contributed by atoms with E-state index in [2.05, 4.69) is 0 Å². The van der Waals surface area contributed by atoms with Crippen LogP contribution in [0.2, 0.25) is 0 Å². The standard InChI is InChI=1S/C12H15ClO2/c1-4-9-5-6-10(15-3)7-11(9)12(13)8(2)14/h5-7,12H,4H2,1-3H3. The molecule has 0 spiro atoms. The minimum absolute atomic E-state index is 0.0420. The van der Waals surface area contributed by atoms with Crippen LogP contribution in [0.15, 0.2) is 18.2 Å². The van der Waals surface area contributed by atoms with Gasteiger partial charge in [-0.25, -0.2) is 0 Å². The number of methoxy groups -OCH3 is 1. The molecule has 0 heterocycles. The van der Waals surface area contributed by atoms with Crippen molar-refractivity contribution in [2.24, 2.45) is 0 Å². The van der Waals surface area contributed by atoms with Gasteiger partial charge in [-0.05, 0) is 36.6 Å². The monoisotopic (exact) mass is 226 g/mol. The summed E-state index contributed by atoms with van der Waals surface area (Å²) in [5, 5.41) is -0.574. The summed E-state index contributed by atoms with van der Waals surface area (Å²) in [6.07, 6.45) is 0.857. The maximum absolute atomic E-state index is 11.2. The molecule has 0 fully saturated rings. The van der Waals surface area contributed by atoms with Crippen LogP contribution in [0.5, 0.6) is 5.75 Å². The van der Waals surface area contributed by atoms with Gasteiger partial charge in [0.1, 0.15) is 11.1 Å². The first kappa shape index (κ1) is 12.1. The predicted octanol–water partition coefficient (Wildman–Crippen LogP) is 3.13. The van der Waals surface area contributed by atoms with Gasteiger partial charge >= 0.3 is 0 Å². The fourth-order valence-corrected chi connectivity index (χ4v) is 1.68. The minimum atomic E-state index is -0.574. The second-order valence-electron chi connectivity index (χ2n) is 3.39. The molecule has 1 rings (SSSR count). The highest BCUT2D eigenvalue weighted by Crippen LogP contribution is 2.28. The van der Waals surface area contributed by atoms with E-state index < -0.39 is 5.38 Å². The maximum atomic E-state index is 11.2. The Bertz CT molecular complexity index is 361. The third kappa shape index (κ3) is 2.72. The lowest BCUT2D eigenvalue weighted by Crippen LogP contribution is -2.05. The van der Waals surface area contributed by atoms with Crippen molar-refractivity contribution in [1.82, 2.24) is 0 Å². The zero-order valence-electron chi connectivity index (χ0n) is 9.21. The Hall–Kier alpha value is -1.02. The van der Waals surface area contributed by atoms with Crippen LogP contribution in [0, 0.1) is 0 Å². The third-order valence-electron chi connectivity index (χ3n) is 2.36. The summed E-state index contributed by atoms with van der Waals surface area (Å²) < 4.78 is 5.11.